The summed E-state index contributed by atoms with van der Waals surface area (Å²) in [5, 5.41) is 17.4. The fourth-order valence-corrected chi connectivity index (χ4v) is 3.44. The molecule has 174 valence electrons. The summed E-state index contributed by atoms with van der Waals surface area (Å²) in [6.45, 7) is 3.48. The Bertz CT molecular complexity index is 1120. The standard InChI is InChI=1S/C24H28FN7.HI/c1-17-6-8-18(9-7-17)16-31(3)24(28-2)29-14-4-5-22-21(15-26)23(27)32(30-22)20-12-10-19(25)11-13-20;/h6-13H,4-5,14,16,27H2,1-3H3,(H,28,29);1H. The van der Waals surface area contributed by atoms with Gasteiger partial charge in [0.1, 0.15) is 23.3 Å². The van der Waals surface area contributed by atoms with Crippen LogP contribution in [0.4, 0.5) is 10.2 Å². The smallest absolute Gasteiger partial charge is 0.193 e. The molecule has 3 aromatic rings. The Balaban J connectivity index is 0.00000385. The van der Waals surface area contributed by atoms with Crippen LogP contribution in [0.1, 0.15) is 28.8 Å². The summed E-state index contributed by atoms with van der Waals surface area (Å²) in [6, 6.07) is 16.4. The van der Waals surface area contributed by atoms with E-state index in [1.807, 2.05) is 7.05 Å². The fraction of sp³-hybridized carbons (Fsp3) is 0.292. The largest absolute Gasteiger partial charge is 0.382 e. The van der Waals surface area contributed by atoms with Gasteiger partial charge in [-0.3, -0.25) is 4.99 Å². The number of nitrogens with two attached hydrogens (primary N) is 1. The van der Waals surface area contributed by atoms with Crippen molar-refractivity contribution < 1.29 is 4.39 Å². The molecule has 0 atom stereocenters. The van der Waals surface area contributed by atoms with Crippen LogP contribution in [0.5, 0.6) is 0 Å². The Morgan fingerprint density at radius 3 is 2.48 bits per heavy atom. The van der Waals surface area contributed by atoms with Crippen molar-refractivity contribution in [1.82, 2.24) is 20.0 Å². The number of rotatable bonds is 7. The molecular weight excluding hydrogens is 532 g/mol. The Labute approximate surface area is 211 Å². The first kappa shape index (κ1) is 26.1. The minimum Gasteiger partial charge on any atom is -0.382 e. The summed E-state index contributed by atoms with van der Waals surface area (Å²) < 4.78 is 14.7. The number of hydrogen-bond acceptors (Lipinski definition) is 4. The first-order chi connectivity index (χ1) is 15.4. The molecule has 0 fully saturated rings. The zero-order valence-corrected chi connectivity index (χ0v) is 21.4. The first-order valence-corrected chi connectivity index (χ1v) is 10.4. The van der Waals surface area contributed by atoms with E-state index in [0.717, 1.165) is 18.9 Å². The number of nitrogen functional groups attached to an aromatic ring is 1. The lowest BCUT2D eigenvalue weighted by Crippen LogP contribution is -2.39. The Kier molecular flexibility index (Phi) is 9.66. The van der Waals surface area contributed by atoms with Gasteiger partial charge in [0, 0.05) is 27.2 Å². The van der Waals surface area contributed by atoms with E-state index < -0.39 is 0 Å². The lowest BCUT2D eigenvalue weighted by atomic mass is 10.1. The average molecular weight is 561 g/mol. The van der Waals surface area contributed by atoms with Gasteiger partial charge in [-0.2, -0.15) is 10.4 Å². The normalized spacial score (nSPS) is 10.9. The Morgan fingerprint density at radius 2 is 1.88 bits per heavy atom. The summed E-state index contributed by atoms with van der Waals surface area (Å²) in [5.74, 6) is 0.713. The van der Waals surface area contributed by atoms with Crippen LogP contribution in [0.25, 0.3) is 5.69 Å². The maximum atomic E-state index is 13.2. The number of aryl methyl sites for hydroxylation is 2. The molecule has 3 rings (SSSR count). The fourth-order valence-electron chi connectivity index (χ4n) is 3.44. The molecule has 0 saturated heterocycles. The van der Waals surface area contributed by atoms with E-state index in [0.29, 0.717) is 29.9 Å². The van der Waals surface area contributed by atoms with Crippen molar-refractivity contribution in [1.29, 1.82) is 5.26 Å². The number of aromatic nitrogens is 2. The lowest BCUT2D eigenvalue weighted by molar-refractivity contribution is 0.475. The molecule has 0 amide bonds. The van der Waals surface area contributed by atoms with Crippen molar-refractivity contribution in [2.45, 2.75) is 26.3 Å². The molecule has 0 aliphatic heterocycles. The minimum absolute atomic E-state index is 0. The van der Waals surface area contributed by atoms with Crippen LogP contribution in [0.3, 0.4) is 0 Å². The zero-order valence-electron chi connectivity index (χ0n) is 19.0. The van der Waals surface area contributed by atoms with E-state index in [2.05, 4.69) is 57.6 Å². The van der Waals surface area contributed by atoms with Crippen LogP contribution < -0.4 is 11.1 Å². The molecule has 1 heterocycles. The van der Waals surface area contributed by atoms with Crippen LogP contribution in [0.15, 0.2) is 53.5 Å². The second-order valence-corrected chi connectivity index (χ2v) is 7.63. The van der Waals surface area contributed by atoms with Gasteiger partial charge in [-0.1, -0.05) is 29.8 Å². The predicted octanol–water partition coefficient (Wildman–Crippen LogP) is 4.03. The molecule has 0 spiro atoms. The number of aliphatic imine (C=N–C) groups is 1. The van der Waals surface area contributed by atoms with Crippen molar-refractivity contribution in [3.63, 3.8) is 0 Å². The molecule has 0 unspecified atom stereocenters. The minimum atomic E-state index is -0.341. The summed E-state index contributed by atoms with van der Waals surface area (Å²) in [5.41, 5.74) is 10.2. The predicted molar refractivity (Wildman–Crippen MR) is 140 cm³/mol. The van der Waals surface area contributed by atoms with E-state index in [9.17, 15) is 9.65 Å². The number of benzene rings is 2. The molecule has 0 aliphatic rings. The molecular formula is C24H29FIN7. The Hall–Kier alpha value is -3.13. The van der Waals surface area contributed by atoms with Gasteiger partial charge in [-0.15, -0.1) is 24.0 Å². The molecule has 1 aromatic heterocycles. The lowest BCUT2D eigenvalue weighted by Gasteiger charge is -2.22. The van der Waals surface area contributed by atoms with Gasteiger partial charge in [0.25, 0.3) is 0 Å². The van der Waals surface area contributed by atoms with Crippen molar-refractivity contribution in [2.75, 3.05) is 26.4 Å². The number of halogens is 2. The first-order valence-electron chi connectivity index (χ1n) is 10.4. The summed E-state index contributed by atoms with van der Waals surface area (Å²) >= 11 is 0. The number of anilines is 1. The van der Waals surface area contributed by atoms with E-state index in [1.165, 1.54) is 27.9 Å². The number of hydrogen-bond donors (Lipinski definition) is 2. The molecule has 3 N–H and O–H groups in total. The van der Waals surface area contributed by atoms with Crippen LogP contribution in [-0.2, 0) is 13.0 Å². The maximum Gasteiger partial charge on any atom is 0.193 e. The highest BCUT2D eigenvalue weighted by Gasteiger charge is 2.16. The summed E-state index contributed by atoms with van der Waals surface area (Å²) in [4.78, 5) is 6.42. The van der Waals surface area contributed by atoms with Gasteiger partial charge >= 0.3 is 0 Å². The van der Waals surface area contributed by atoms with Crippen LogP contribution in [0.2, 0.25) is 0 Å². The third-order valence-corrected chi connectivity index (χ3v) is 5.16. The van der Waals surface area contributed by atoms with E-state index >= 15 is 0 Å². The van der Waals surface area contributed by atoms with Crippen molar-refractivity contribution in [3.05, 3.63) is 76.7 Å². The third kappa shape index (κ3) is 6.68. The van der Waals surface area contributed by atoms with Crippen molar-refractivity contribution in [2.24, 2.45) is 4.99 Å². The molecule has 0 aliphatic carbocycles. The van der Waals surface area contributed by atoms with Crippen LogP contribution in [-0.4, -0.2) is 41.3 Å². The van der Waals surface area contributed by atoms with Crippen LogP contribution >= 0.6 is 24.0 Å². The summed E-state index contributed by atoms with van der Waals surface area (Å²) in [6.07, 6.45) is 1.32. The van der Waals surface area contributed by atoms with Gasteiger partial charge in [0.2, 0.25) is 0 Å². The second kappa shape index (κ2) is 12.2. The van der Waals surface area contributed by atoms with Gasteiger partial charge in [0.05, 0.1) is 11.4 Å². The molecule has 9 heteroatoms. The summed E-state index contributed by atoms with van der Waals surface area (Å²) in [7, 11) is 3.75. The van der Waals surface area contributed by atoms with Gasteiger partial charge in [-0.05, 0) is 49.6 Å². The van der Waals surface area contributed by atoms with E-state index in [4.69, 9.17) is 5.73 Å². The van der Waals surface area contributed by atoms with Crippen molar-refractivity contribution in [3.8, 4) is 11.8 Å². The molecule has 33 heavy (non-hydrogen) atoms. The van der Waals surface area contributed by atoms with E-state index in [1.54, 1.807) is 19.2 Å². The molecule has 2 aromatic carbocycles. The molecule has 0 bridgehead atoms. The number of nitriles is 1. The number of guanidine groups is 1. The second-order valence-electron chi connectivity index (χ2n) is 7.63. The third-order valence-electron chi connectivity index (χ3n) is 5.16. The quantitative estimate of drug-likeness (QED) is 0.197. The SMILES string of the molecule is CN=C(NCCCc1nn(-c2ccc(F)cc2)c(N)c1C#N)N(C)Cc1ccc(C)cc1.I. The number of nitrogens with zero attached hydrogens (tertiary/aromatic N) is 5. The average Bonchev–Trinajstić information content (AvgIpc) is 3.11. The topological polar surface area (TPSA) is 95.3 Å². The zero-order chi connectivity index (χ0) is 23.1. The molecule has 0 radical (unpaired) electrons. The number of nitrogens with one attached hydrogen (secondary N) is 1. The molecule has 7 nitrogen and oxygen atoms in total. The van der Waals surface area contributed by atoms with Crippen molar-refractivity contribution >= 4 is 35.8 Å². The van der Waals surface area contributed by atoms with Gasteiger partial charge < -0.3 is 16.0 Å². The maximum absolute atomic E-state index is 13.2. The van der Waals surface area contributed by atoms with Gasteiger partial charge in [-0.25, -0.2) is 9.07 Å². The van der Waals surface area contributed by atoms with Crippen LogP contribution in [0, 0.1) is 24.1 Å². The highest BCUT2D eigenvalue weighted by molar-refractivity contribution is 14.0. The van der Waals surface area contributed by atoms with Gasteiger partial charge in [0.15, 0.2) is 5.96 Å². The highest BCUT2D eigenvalue weighted by atomic mass is 127. The molecule has 0 saturated carbocycles. The Morgan fingerprint density at radius 1 is 1.21 bits per heavy atom. The monoisotopic (exact) mass is 561 g/mol. The van der Waals surface area contributed by atoms with E-state index in [-0.39, 0.29) is 35.6 Å². The highest BCUT2D eigenvalue weighted by Crippen LogP contribution is 2.21.